The standard InChI is InChI=1S/C130H119O6P/c1-7-13-80-131-102-60-44-94(45-61-102)127(95-46-62-103(63-47-95)132-81-14-8-2)119-36-26-22-32-111(119)115-76-40-90(86-123(115)127)92-42-78-117-113-34-24-28-38-121(113)129(125(117)88-92,98-52-68-106(69-53-98)135-84-17-11-5)100-56-72-109(73-57-100)137(108-30-20-19-21-31-108)110-74-58-101(59-75-110)130(99-54-70-107(71-55-99)136-85-18-12-6)122-39-29-25-35-114(122)118-79-43-93(89-126(118)130)91-41-77-116-112-33-23-27-37-120(112)128(124(116)87-91,96-48-64-104(65-49-96)133-82-15-9-3)97-50-66-105(67-51-97)134-83-16-10-4/h19-79,86-89H,7-18,80-85H2,1-6H3. The molecule has 0 aliphatic heterocycles. The Balaban J connectivity index is 0.693. The number of unbranched alkanes of at least 4 members (excludes halogenated alkanes) is 6. The van der Waals surface area contributed by atoms with Crippen LogP contribution in [0.3, 0.4) is 0 Å². The minimum atomic E-state index is -1.14. The quantitative estimate of drug-likeness (QED) is 0.0286. The fourth-order valence-electron chi connectivity index (χ4n) is 22.5. The third-order valence-corrected chi connectivity index (χ3v) is 31.7. The third kappa shape index (κ3) is 15.9. The van der Waals surface area contributed by atoms with Gasteiger partial charge in [-0.25, -0.2) is 0 Å². The fourth-order valence-corrected chi connectivity index (χ4v) is 24.8. The molecule has 0 fully saturated rings. The lowest BCUT2D eigenvalue weighted by Crippen LogP contribution is -2.30. The van der Waals surface area contributed by atoms with Gasteiger partial charge >= 0.3 is 0 Å². The number of hydrogen-bond acceptors (Lipinski definition) is 6. The molecule has 21 rings (SSSR count). The summed E-state index contributed by atoms with van der Waals surface area (Å²) in [4.78, 5) is 0. The predicted octanol–water partition coefficient (Wildman–Crippen LogP) is 31.3. The van der Waals surface area contributed by atoms with Gasteiger partial charge in [-0.2, -0.15) is 0 Å². The molecule has 137 heavy (non-hydrogen) atoms. The van der Waals surface area contributed by atoms with E-state index in [1.807, 2.05) is 0 Å². The highest BCUT2D eigenvalue weighted by molar-refractivity contribution is 7.79. The molecule has 17 aromatic rings. The van der Waals surface area contributed by atoms with Crippen LogP contribution in [0.5, 0.6) is 34.5 Å². The smallest absolute Gasteiger partial charge is 0.119 e. The van der Waals surface area contributed by atoms with Crippen molar-refractivity contribution >= 4 is 23.8 Å². The van der Waals surface area contributed by atoms with Crippen LogP contribution in [0.2, 0.25) is 0 Å². The van der Waals surface area contributed by atoms with Gasteiger partial charge in [0.1, 0.15) is 34.5 Å². The van der Waals surface area contributed by atoms with E-state index in [2.05, 4.69) is 436 Å². The Morgan fingerprint density at radius 1 is 0.168 bits per heavy atom. The Kier molecular flexibility index (Phi) is 25.7. The maximum atomic E-state index is 6.52. The highest BCUT2D eigenvalue weighted by atomic mass is 31.1. The summed E-state index contributed by atoms with van der Waals surface area (Å²) >= 11 is 0. The van der Waals surface area contributed by atoms with Crippen molar-refractivity contribution in [1.82, 2.24) is 0 Å². The van der Waals surface area contributed by atoms with E-state index in [1.54, 1.807) is 0 Å². The maximum Gasteiger partial charge on any atom is 0.119 e. The van der Waals surface area contributed by atoms with Crippen molar-refractivity contribution in [3.05, 3.63) is 483 Å². The normalized spacial score (nSPS) is 15.3. The topological polar surface area (TPSA) is 55.4 Å². The van der Waals surface area contributed by atoms with E-state index < -0.39 is 29.6 Å². The van der Waals surface area contributed by atoms with Crippen LogP contribution in [0, 0.1) is 0 Å². The van der Waals surface area contributed by atoms with Gasteiger partial charge in [-0.1, -0.05) is 377 Å². The molecule has 0 spiro atoms. The lowest BCUT2D eigenvalue weighted by Gasteiger charge is -2.35. The first-order valence-corrected chi connectivity index (χ1v) is 51.5. The van der Waals surface area contributed by atoms with E-state index in [0.29, 0.717) is 39.6 Å². The van der Waals surface area contributed by atoms with Gasteiger partial charge in [0.05, 0.1) is 61.3 Å². The SMILES string of the molecule is CCCCOc1ccc(C2(c3ccc(OCCCC)cc3)c3ccccc3-c3ccc(-c4ccc5c(c4)C(c4ccc(OCCCC)cc4)(c4ccc(P(c6ccccc6)c6ccc(C7(c8ccc(OCCCC)cc8)c8ccccc8-c8ccc(-c9ccc%10c(c9)C(c9ccc(OCCCC)cc9)(c9ccc(OCCCC)cc9)c9ccccc9-%10)cc87)cc6)cc4)c4ccccc4-5)cc32)cc1. The van der Waals surface area contributed by atoms with E-state index in [1.165, 1.54) is 149 Å². The zero-order valence-corrected chi connectivity index (χ0v) is 80.5. The molecule has 4 aliphatic carbocycles. The predicted molar refractivity (Wildman–Crippen MR) is 568 cm³/mol. The summed E-state index contributed by atoms with van der Waals surface area (Å²) in [6.45, 7) is 17.3. The van der Waals surface area contributed by atoms with Crippen molar-refractivity contribution in [2.45, 2.75) is 140 Å². The minimum Gasteiger partial charge on any atom is -0.494 e. The van der Waals surface area contributed by atoms with Crippen molar-refractivity contribution in [3.8, 4) is 101 Å². The molecule has 2 unspecified atom stereocenters. The Labute approximate surface area is 811 Å². The van der Waals surface area contributed by atoms with Gasteiger partial charge in [-0.15, -0.1) is 0 Å². The third-order valence-electron chi connectivity index (χ3n) is 29.3. The van der Waals surface area contributed by atoms with Crippen LogP contribution < -0.4 is 44.3 Å². The molecule has 0 N–H and O–H groups in total. The van der Waals surface area contributed by atoms with Gasteiger partial charge in [-0.05, 0) is 315 Å². The number of fused-ring (bicyclic) bond motifs is 12. The Bertz CT molecular complexity index is 6610. The molecule has 2 atom stereocenters. The maximum absolute atomic E-state index is 6.52. The second-order valence-electron chi connectivity index (χ2n) is 37.3. The molecule has 7 heteroatoms. The Morgan fingerprint density at radius 3 is 0.547 bits per heavy atom. The molecule has 0 amide bonds. The Morgan fingerprint density at radius 2 is 0.343 bits per heavy atom. The first-order chi connectivity index (χ1) is 67.7. The largest absolute Gasteiger partial charge is 0.494 e. The molecular weight excluding hydrogens is 1690 g/mol. The summed E-state index contributed by atoms with van der Waals surface area (Å²) in [6.07, 6.45) is 12.4. The number of benzene rings is 17. The van der Waals surface area contributed by atoms with Crippen molar-refractivity contribution in [2.75, 3.05) is 39.6 Å². The zero-order chi connectivity index (χ0) is 92.9. The first-order valence-electron chi connectivity index (χ1n) is 50.1. The van der Waals surface area contributed by atoms with Crippen molar-refractivity contribution in [2.24, 2.45) is 0 Å². The van der Waals surface area contributed by atoms with Gasteiger partial charge in [0, 0.05) is 0 Å². The average molecular weight is 1810 g/mol. The van der Waals surface area contributed by atoms with E-state index in [4.69, 9.17) is 28.4 Å². The van der Waals surface area contributed by atoms with Gasteiger partial charge in [0.25, 0.3) is 0 Å². The first kappa shape index (κ1) is 89.5. The van der Waals surface area contributed by atoms with E-state index in [-0.39, 0.29) is 0 Å². The molecule has 0 saturated heterocycles. The minimum absolute atomic E-state index is 0.663. The van der Waals surface area contributed by atoms with Crippen LogP contribution in [-0.4, -0.2) is 39.6 Å². The summed E-state index contributed by atoms with van der Waals surface area (Å²) in [7, 11) is -1.14. The van der Waals surface area contributed by atoms with Gasteiger partial charge in [0.15, 0.2) is 0 Å². The summed E-state index contributed by atoms with van der Waals surface area (Å²) in [5.41, 5.74) is 31.0. The van der Waals surface area contributed by atoms with E-state index in [0.717, 1.165) is 134 Å². The molecule has 0 heterocycles. The van der Waals surface area contributed by atoms with Crippen LogP contribution in [0.15, 0.2) is 394 Å². The van der Waals surface area contributed by atoms with Crippen LogP contribution >= 0.6 is 7.92 Å². The van der Waals surface area contributed by atoms with Crippen molar-refractivity contribution in [1.29, 1.82) is 0 Å². The van der Waals surface area contributed by atoms with Crippen molar-refractivity contribution < 1.29 is 28.4 Å². The molecule has 0 radical (unpaired) electrons. The highest BCUT2D eigenvalue weighted by Crippen LogP contribution is 2.63. The molecule has 4 aliphatic rings. The van der Waals surface area contributed by atoms with Gasteiger partial charge in [0.2, 0.25) is 0 Å². The second-order valence-corrected chi connectivity index (χ2v) is 39.6. The van der Waals surface area contributed by atoms with Crippen LogP contribution in [0.4, 0.5) is 0 Å². The number of ether oxygens (including phenoxy) is 6. The monoisotopic (exact) mass is 1810 g/mol. The lowest BCUT2D eigenvalue weighted by atomic mass is 9.67. The molecule has 6 nitrogen and oxygen atoms in total. The summed E-state index contributed by atoms with van der Waals surface area (Å²) < 4.78 is 38.6. The second kappa shape index (κ2) is 39.4. The summed E-state index contributed by atoms with van der Waals surface area (Å²) in [5, 5.41) is 3.80. The fraction of sp³-hybridized carbons (Fsp3) is 0.215. The average Bonchev–Trinajstić information content (AvgIpc) is 1.55. The summed E-state index contributed by atoms with van der Waals surface area (Å²) in [5.74, 6) is 5.27. The van der Waals surface area contributed by atoms with Crippen LogP contribution in [0.25, 0.3) is 66.8 Å². The lowest BCUT2D eigenvalue weighted by molar-refractivity contribution is 0.309. The number of rotatable bonds is 37. The van der Waals surface area contributed by atoms with Crippen molar-refractivity contribution in [3.63, 3.8) is 0 Å². The molecule has 0 bridgehead atoms. The zero-order valence-electron chi connectivity index (χ0n) is 79.7. The van der Waals surface area contributed by atoms with E-state index in [9.17, 15) is 0 Å². The molecule has 0 aromatic heterocycles. The molecule has 0 saturated carbocycles. The Hall–Kier alpha value is -14.0. The summed E-state index contributed by atoms with van der Waals surface area (Å²) in [6, 6.07) is 151. The van der Waals surface area contributed by atoms with Gasteiger partial charge < -0.3 is 28.4 Å². The van der Waals surface area contributed by atoms with Crippen LogP contribution in [-0.2, 0) is 21.7 Å². The van der Waals surface area contributed by atoms with E-state index >= 15 is 0 Å². The molecule has 17 aromatic carbocycles. The van der Waals surface area contributed by atoms with Crippen LogP contribution in [0.1, 0.15) is 208 Å². The number of hydrogen-bond donors (Lipinski definition) is 0. The molecular formula is C130H119O6P. The highest BCUT2D eigenvalue weighted by Gasteiger charge is 2.52. The molecule has 680 valence electrons. The van der Waals surface area contributed by atoms with Gasteiger partial charge in [-0.3, -0.25) is 0 Å².